The van der Waals surface area contributed by atoms with Crippen molar-refractivity contribution in [3.8, 4) is 22.5 Å². The second-order valence-electron chi connectivity index (χ2n) is 12.0. The fourth-order valence-electron chi connectivity index (χ4n) is 6.48. The summed E-state index contributed by atoms with van der Waals surface area (Å²) in [6.45, 7) is 10.9. The summed E-state index contributed by atoms with van der Waals surface area (Å²) in [7, 11) is -9.33. The Labute approximate surface area is 336 Å². The number of hydrogen-bond donors (Lipinski definition) is 2. The predicted octanol–water partition coefficient (Wildman–Crippen LogP) is 1.99. The average Bonchev–Trinajstić information content (AvgIpc) is 2.98. The molecular weight excluding hydrogens is 695 g/mol. The Morgan fingerprint density at radius 2 is 1.50 bits per heavy atom. The van der Waals surface area contributed by atoms with Gasteiger partial charge in [-0.1, -0.05) is 45.0 Å². The van der Waals surface area contributed by atoms with Crippen LogP contribution in [0.25, 0.3) is 33.4 Å². The summed E-state index contributed by atoms with van der Waals surface area (Å²) in [6.07, 6.45) is 0. The summed E-state index contributed by atoms with van der Waals surface area (Å²) in [4.78, 5) is 4.35. The van der Waals surface area contributed by atoms with Crippen molar-refractivity contribution in [1.29, 1.82) is 0 Å². The Morgan fingerprint density at radius 3 is 2.16 bits per heavy atom. The van der Waals surface area contributed by atoms with Crippen LogP contribution in [0.2, 0.25) is 0 Å². The van der Waals surface area contributed by atoms with Crippen LogP contribution in [-0.2, 0) is 20.2 Å². The Bertz CT molecular complexity index is 2540. The van der Waals surface area contributed by atoms with Crippen LogP contribution in [0.5, 0.6) is 0 Å². The molecule has 6 rings (SSSR count). The molecule has 4 aromatic rings. The van der Waals surface area contributed by atoms with Gasteiger partial charge < -0.3 is 19.3 Å². The Balaban J connectivity index is 0.00000281. The molecule has 0 saturated carbocycles. The van der Waals surface area contributed by atoms with E-state index in [1.807, 2.05) is 45.9 Å². The first-order chi connectivity index (χ1) is 22.5. The predicted molar refractivity (Wildman–Crippen MR) is 185 cm³/mol. The van der Waals surface area contributed by atoms with Gasteiger partial charge in [0.25, 0.3) is 10.1 Å². The number of aryl methyl sites for hydroxylation is 5. The molecule has 246 valence electrons. The van der Waals surface area contributed by atoms with E-state index in [1.165, 1.54) is 12.1 Å². The van der Waals surface area contributed by atoms with Crippen molar-refractivity contribution >= 4 is 48.3 Å². The molecule has 1 aliphatic carbocycles. The van der Waals surface area contributed by atoms with Crippen LogP contribution in [0, 0.1) is 47.6 Å². The summed E-state index contributed by atoms with van der Waals surface area (Å²) >= 11 is 0. The molecule has 1 heterocycles. The Kier molecular flexibility index (Phi) is 12.0. The Hall–Kier alpha value is -2.81. The zero-order chi connectivity index (χ0) is 34.7. The molecule has 1 aliphatic heterocycles. The van der Waals surface area contributed by atoms with E-state index in [2.05, 4.69) is 11.4 Å². The summed E-state index contributed by atoms with van der Waals surface area (Å²) < 4.78 is 77.9. The van der Waals surface area contributed by atoms with Crippen molar-refractivity contribution in [2.45, 2.75) is 51.3 Å². The van der Waals surface area contributed by atoms with Crippen molar-refractivity contribution in [3.63, 3.8) is 0 Å². The van der Waals surface area contributed by atoms with Gasteiger partial charge in [0.15, 0.2) is 0 Å². The maximum atomic E-state index is 12.5. The Morgan fingerprint density at radius 1 is 0.800 bits per heavy atom. The van der Waals surface area contributed by atoms with Gasteiger partial charge >= 0.3 is 59.1 Å². The van der Waals surface area contributed by atoms with Crippen LogP contribution < -0.4 is 69.8 Å². The number of fused-ring (bicyclic) bond motifs is 2. The third-order valence-corrected chi connectivity index (χ3v) is 10.4. The molecule has 0 radical (unpaired) electrons. The van der Waals surface area contributed by atoms with Gasteiger partial charge in [-0.25, -0.2) is 8.42 Å². The van der Waals surface area contributed by atoms with Crippen molar-refractivity contribution in [1.82, 2.24) is 0 Å². The van der Waals surface area contributed by atoms with Gasteiger partial charge in [-0.2, -0.15) is 26.1 Å². The first kappa shape index (κ1) is 40.0. The van der Waals surface area contributed by atoms with Crippen LogP contribution in [0.4, 0.5) is 17.1 Å². The van der Waals surface area contributed by atoms with Crippen molar-refractivity contribution in [2.75, 3.05) is 5.32 Å². The van der Waals surface area contributed by atoms with E-state index >= 15 is 0 Å². The number of hydrogen-bond acceptors (Lipinski definition) is 8. The molecule has 9 nitrogen and oxygen atoms in total. The number of nitrogens with one attached hydrogen (secondary N) is 1. The molecule has 13 heteroatoms. The summed E-state index contributed by atoms with van der Waals surface area (Å²) in [5.41, 5.74) is 7.86. The van der Waals surface area contributed by atoms with Crippen molar-refractivity contribution in [2.24, 2.45) is 4.99 Å². The van der Waals surface area contributed by atoms with Gasteiger partial charge in [-0.05, 0) is 73.5 Å². The molecule has 0 spiro atoms. The third-order valence-electron chi connectivity index (χ3n) is 8.35. The van der Waals surface area contributed by atoms with Gasteiger partial charge in [0.2, 0.25) is 0 Å². The second kappa shape index (κ2) is 15.0. The van der Waals surface area contributed by atoms with Crippen LogP contribution in [0.1, 0.15) is 33.4 Å². The van der Waals surface area contributed by atoms with Crippen molar-refractivity contribution in [3.05, 3.63) is 118 Å². The molecule has 0 saturated heterocycles. The van der Waals surface area contributed by atoms with E-state index in [0.717, 1.165) is 27.9 Å². The zero-order valence-corrected chi connectivity index (χ0v) is 34.7. The standard InChI is InChI=1S/C37H33N2O7S2.2Na/c1-20-15-21(2)35(22(3)16-20)38-26-11-13-28-31(18-26)46-32-19-27(39-36-23(4)17-24(5)37(25(36)6)48(43,44)45)12-14-29(32)34(28)30-9-7-8-10-33(30)47(40,41)42;;/h7-15,17-19,39H,1-6H3,(H,40,41,42)(H,43,44,45);;/q-1;2*+1/p-1. The quantitative estimate of drug-likeness (QED) is 0.115. The first-order valence-corrected chi connectivity index (χ1v) is 17.8. The summed E-state index contributed by atoms with van der Waals surface area (Å²) in [5, 5.41) is 4.42. The molecule has 0 fully saturated rings. The molecule has 2 N–H and O–H groups in total. The second-order valence-corrected chi connectivity index (χ2v) is 14.7. The summed E-state index contributed by atoms with van der Waals surface area (Å²) in [6, 6.07) is 23.8. The molecule has 0 atom stereocenters. The number of anilines is 2. The minimum atomic E-state index is -4.73. The van der Waals surface area contributed by atoms with E-state index < -0.39 is 20.2 Å². The van der Waals surface area contributed by atoms with Gasteiger partial charge in [0.05, 0.1) is 10.3 Å². The summed E-state index contributed by atoms with van der Waals surface area (Å²) in [5.74, 6) is 0.412. The average molecular weight is 727 g/mol. The molecule has 0 aromatic heterocycles. The largest absolute Gasteiger partial charge is 1.00 e. The molecule has 2 aliphatic rings. The first-order valence-electron chi connectivity index (χ1n) is 15.0. The molecule has 0 unspecified atom stereocenters. The maximum Gasteiger partial charge on any atom is 1.00 e. The zero-order valence-electron chi connectivity index (χ0n) is 29.1. The van der Waals surface area contributed by atoms with Gasteiger partial charge in [-0.3, -0.25) is 4.55 Å². The van der Waals surface area contributed by atoms with Gasteiger partial charge in [0, 0.05) is 45.6 Å². The van der Waals surface area contributed by atoms with Crippen LogP contribution in [0.15, 0.2) is 92.0 Å². The number of nitrogens with zero attached hydrogens (tertiary/aromatic N) is 1. The number of rotatable bonds is 6. The minimum absolute atomic E-state index is 0. The minimum Gasteiger partial charge on any atom is -0.744 e. The normalized spacial score (nSPS) is 12.1. The van der Waals surface area contributed by atoms with Crippen molar-refractivity contribution < 1.29 is 89.5 Å². The fraction of sp³-hybridized carbons (Fsp3) is 0.162. The van der Waals surface area contributed by atoms with Crippen LogP contribution in [0.3, 0.4) is 0 Å². The SMILES string of the molecule is Cc1[c-]c(C)c(N=c2ccc3c(-c4ccccc4S(=O)(=O)O)c4ccc(Nc5c(C)cc(C)c(S(=O)(=O)[O-])c5C)cc4oc-3c2)c(C)c1.[Na+].[Na+]. The van der Waals surface area contributed by atoms with E-state index in [-0.39, 0.29) is 74.5 Å². The molecular formula is C37H32N2Na2O7S2. The monoisotopic (exact) mass is 726 g/mol. The third kappa shape index (κ3) is 7.83. The van der Waals surface area contributed by atoms with E-state index in [4.69, 9.17) is 9.41 Å². The molecule has 50 heavy (non-hydrogen) atoms. The van der Waals surface area contributed by atoms with Gasteiger partial charge in [-0.15, -0.1) is 11.1 Å². The van der Waals surface area contributed by atoms with Gasteiger partial charge in [0.1, 0.15) is 26.4 Å². The molecule has 0 amide bonds. The topological polar surface area (TPSA) is 149 Å². The molecule has 4 aromatic carbocycles. The van der Waals surface area contributed by atoms with E-state index in [9.17, 15) is 25.9 Å². The fourth-order valence-corrected chi connectivity index (χ4v) is 8.11. The molecule has 0 bridgehead atoms. The van der Waals surface area contributed by atoms with E-state index in [1.54, 1.807) is 56.3 Å². The van der Waals surface area contributed by atoms with Crippen LogP contribution >= 0.6 is 0 Å². The smallest absolute Gasteiger partial charge is 0.744 e. The van der Waals surface area contributed by atoms with E-state index in [0.29, 0.717) is 55.7 Å². The van der Waals surface area contributed by atoms with Crippen LogP contribution in [-0.4, -0.2) is 25.9 Å². The number of benzene rings is 5. The maximum absolute atomic E-state index is 12.5.